The maximum Gasteiger partial charge on any atom is 0.412 e. The molecule has 210 valence electrons. The Morgan fingerprint density at radius 1 is 1.05 bits per heavy atom. The summed E-state index contributed by atoms with van der Waals surface area (Å²) in [4.78, 5) is 41.5. The normalized spacial score (nSPS) is 13.2. The molecule has 3 amide bonds. The molecule has 2 aromatic carbocycles. The zero-order valence-corrected chi connectivity index (χ0v) is 22.5. The Hall–Kier alpha value is -4.39. The second-order valence-electron chi connectivity index (χ2n) is 8.83. The predicted molar refractivity (Wildman–Crippen MR) is 149 cm³/mol. The highest BCUT2D eigenvalue weighted by atomic mass is 35.5. The van der Waals surface area contributed by atoms with Gasteiger partial charge in [0.2, 0.25) is 0 Å². The van der Waals surface area contributed by atoms with Crippen molar-refractivity contribution in [3.05, 3.63) is 71.0 Å². The van der Waals surface area contributed by atoms with Crippen molar-refractivity contribution in [1.29, 1.82) is 0 Å². The number of ether oxygens (including phenoxy) is 3. The number of carbonyl (C=O) groups is 3. The minimum Gasteiger partial charge on any atom is -0.490 e. The number of piperazine rings is 1. The maximum absolute atomic E-state index is 12.8. The van der Waals surface area contributed by atoms with Crippen molar-refractivity contribution < 1.29 is 28.6 Å². The molecule has 1 aromatic heterocycles. The first-order chi connectivity index (χ1) is 19.3. The number of nitrogens with one attached hydrogen (secondary N) is 3. The molecule has 4 rings (SSSR count). The lowest BCUT2D eigenvalue weighted by Crippen LogP contribution is -2.44. The zero-order chi connectivity index (χ0) is 28.5. The Kier molecular flexibility index (Phi) is 9.73. The number of anilines is 2. The molecule has 0 aliphatic carbocycles. The third-order valence-electron chi connectivity index (χ3n) is 5.87. The molecule has 0 atom stereocenters. The van der Waals surface area contributed by atoms with Gasteiger partial charge in [0.25, 0.3) is 0 Å². The molecule has 0 radical (unpaired) electrons. The van der Waals surface area contributed by atoms with E-state index in [0.29, 0.717) is 34.5 Å². The van der Waals surface area contributed by atoms with Crippen molar-refractivity contribution in [2.75, 3.05) is 50.0 Å². The summed E-state index contributed by atoms with van der Waals surface area (Å²) in [5.74, 6) is 0.209. The summed E-state index contributed by atoms with van der Waals surface area (Å²) in [6.45, 7) is 6.91. The summed E-state index contributed by atoms with van der Waals surface area (Å²) < 4.78 is 16.0. The number of nitrogens with two attached hydrogens (primary N) is 1. The predicted octanol–water partition coefficient (Wildman–Crippen LogP) is 4.00. The van der Waals surface area contributed by atoms with Crippen LogP contribution in [0.3, 0.4) is 0 Å². The number of esters is 1. The Balaban J connectivity index is 1.34. The van der Waals surface area contributed by atoms with Crippen LogP contribution in [0.15, 0.2) is 54.7 Å². The number of hydrogen-bond acceptors (Lipinski definition) is 9. The highest BCUT2D eigenvalue weighted by Gasteiger charge is 2.15. The summed E-state index contributed by atoms with van der Waals surface area (Å²) >= 11 is 6.31. The van der Waals surface area contributed by atoms with E-state index in [2.05, 4.69) is 30.6 Å². The molecule has 1 saturated heterocycles. The van der Waals surface area contributed by atoms with Crippen LogP contribution in [-0.2, 0) is 4.74 Å². The van der Waals surface area contributed by atoms with Crippen molar-refractivity contribution in [1.82, 2.24) is 15.2 Å². The second-order valence-corrected chi connectivity index (χ2v) is 9.24. The van der Waals surface area contributed by atoms with Gasteiger partial charge in [-0.2, -0.15) is 0 Å². The number of hydrogen-bond donors (Lipinski definition) is 4. The van der Waals surface area contributed by atoms with Gasteiger partial charge in [-0.3, -0.25) is 4.90 Å². The van der Waals surface area contributed by atoms with E-state index < -0.39 is 18.1 Å². The quantitative estimate of drug-likeness (QED) is 0.221. The topological polar surface area (TPSA) is 157 Å². The van der Waals surface area contributed by atoms with Crippen LogP contribution in [0.25, 0.3) is 0 Å². The molecular weight excluding hydrogens is 540 g/mol. The number of nitrogens with zero attached hydrogens (tertiary/aromatic N) is 2. The third kappa shape index (κ3) is 8.30. The zero-order valence-electron chi connectivity index (χ0n) is 21.7. The molecular formula is C27H29ClN6O6. The van der Waals surface area contributed by atoms with Crippen LogP contribution < -0.4 is 31.2 Å². The Morgan fingerprint density at radius 3 is 2.52 bits per heavy atom. The Bertz CT molecular complexity index is 1360. The fourth-order valence-corrected chi connectivity index (χ4v) is 4.01. The molecule has 3 aromatic rings. The van der Waals surface area contributed by atoms with Gasteiger partial charge in [-0.1, -0.05) is 11.6 Å². The van der Waals surface area contributed by atoms with E-state index in [1.807, 2.05) is 6.92 Å². The molecule has 0 spiro atoms. The molecule has 0 unspecified atom stereocenters. The van der Waals surface area contributed by atoms with E-state index in [4.69, 9.17) is 26.8 Å². The molecule has 5 N–H and O–H groups in total. The minimum atomic E-state index is -1.23. The van der Waals surface area contributed by atoms with E-state index in [-0.39, 0.29) is 11.4 Å². The molecule has 1 aliphatic heterocycles. The van der Waals surface area contributed by atoms with Crippen molar-refractivity contribution in [3.63, 3.8) is 0 Å². The van der Waals surface area contributed by atoms with E-state index in [9.17, 15) is 14.4 Å². The number of rotatable bonds is 9. The Morgan fingerprint density at radius 2 is 1.80 bits per heavy atom. The maximum atomic E-state index is 12.8. The number of halogens is 1. The van der Waals surface area contributed by atoms with Gasteiger partial charge in [-0.05, 0) is 48.9 Å². The molecule has 1 aliphatic rings. The first kappa shape index (κ1) is 28.6. The lowest BCUT2D eigenvalue weighted by molar-refractivity contribution is 0.0631. The summed E-state index contributed by atoms with van der Waals surface area (Å²) in [5, 5.41) is 9.46. The van der Waals surface area contributed by atoms with Gasteiger partial charge in [-0.25, -0.2) is 19.4 Å². The van der Waals surface area contributed by atoms with Crippen LogP contribution in [0.1, 0.15) is 16.1 Å². The van der Waals surface area contributed by atoms with E-state index >= 15 is 0 Å². The van der Waals surface area contributed by atoms with Crippen molar-refractivity contribution in [2.45, 2.75) is 6.92 Å². The van der Waals surface area contributed by atoms with Gasteiger partial charge in [0.15, 0.2) is 5.69 Å². The number of urea groups is 1. The SMILES string of the molecule is Cc1cc(NC(=O)Nc2ccc(Oc3ccnc(C(=O)OC(N)=O)c3)cc2)c(OCCN2CCNCC2)cc1Cl. The highest BCUT2D eigenvalue weighted by molar-refractivity contribution is 6.31. The molecule has 12 nitrogen and oxygen atoms in total. The first-order valence-electron chi connectivity index (χ1n) is 12.5. The molecule has 0 bridgehead atoms. The van der Waals surface area contributed by atoms with Gasteiger partial charge in [0.05, 0.1) is 5.69 Å². The fourth-order valence-electron chi connectivity index (χ4n) is 3.86. The first-order valence-corrected chi connectivity index (χ1v) is 12.8. The van der Waals surface area contributed by atoms with Crippen LogP contribution in [0, 0.1) is 6.92 Å². The van der Waals surface area contributed by atoms with Crippen LogP contribution in [0.4, 0.5) is 21.0 Å². The van der Waals surface area contributed by atoms with E-state index in [0.717, 1.165) is 38.3 Å². The van der Waals surface area contributed by atoms with Gasteiger partial charge in [-0.15, -0.1) is 0 Å². The van der Waals surface area contributed by atoms with Gasteiger partial charge >= 0.3 is 18.1 Å². The summed E-state index contributed by atoms with van der Waals surface area (Å²) in [6.07, 6.45) is 0.0976. The fraction of sp³-hybridized carbons (Fsp3) is 0.259. The van der Waals surface area contributed by atoms with Crippen LogP contribution in [0.5, 0.6) is 17.2 Å². The number of pyridine rings is 1. The molecule has 40 heavy (non-hydrogen) atoms. The lowest BCUT2D eigenvalue weighted by Gasteiger charge is -2.27. The molecule has 2 heterocycles. The number of aryl methyl sites for hydroxylation is 1. The van der Waals surface area contributed by atoms with Gasteiger partial charge in [0, 0.05) is 61.8 Å². The van der Waals surface area contributed by atoms with Gasteiger partial charge < -0.3 is 35.9 Å². The van der Waals surface area contributed by atoms with Crippen molar-refractivity contribution >= 4 is 41.1 Å². The average Bonchev–Trinajstić information content (AvgIpc) is 2.93. The monoisotopic (exact) mass is 568 g/mol. The smallest absolute Gasteiger partial charge is 0.412 e. The standard InChI is InChI=1S/C27H29ClN6O6/c1-17-14-22(24(16-21(17)28)38-13-12-34-10-8-30-9-11-34)33-27(37)32-18-2-4-19(5-3-18)39-20-6-7-31-23(15-20)25(35)40-26(29)36/h2-7,14-16,30H,8-13H2,1H3,(H2,29,36)(H2,32,33,37). The van der Waals surface area contributed by atoms with E-state index in [1.165, 1.54) is 18.3 Å². The number of amides is 3. The average molecular weight is 569 g/mol. The van der Waals surface area contributed by atoms with Gasteiger partial charge in [0.1, 0.15) is 23.9 Å². The van der Waals surface area contributed by atoms with Crippen LogP contribution in [-0.4, -0.2) is 67.3 Å². The number of carbonyl (C=O) groups excluding carboxylic acids is 3. The van der Waals surface area contributed by atoms with Crippen LogP contribution >= 0.6 is 11.6 Å². The number of aromatic nitrogens is 1. The number of primary amides is 1. The lowest BCUT2D eigenvalue weighted by atomic mass is 10.2. The largest absolute Gasteiger partial charge is 0.490 e. The summed E-state index contributed by atoms with van der Waals surface area (Å²) in [6, 6.07) is 12.4. The Labute approximate surface area is 235 Å². The molecule has 13 heteroatoms. The number of benzene rings is 2. The highest BCUT2D eigenvalue weighted by Crippen LogP contribution is 2.31. The van der Waals surface area contributed by atoms with E-state index in [1.54, 1.807) is 36.4 Å². The third-order valence-corrected chi connectivity index (χ3v) is 6.27. The van der Waals surface area contributed by atoms with Crippen molar-refractivity contribution in [3.8, 4) is 17.2 Å². The molecule has 0 saturated carbocycles. The minimum absolute atomic E-state index is 0.143. The van der Waals surface area contributed by atoms with Crippen molar-refractivity contribution in [2.24, 2.45) is 5.73 Å². The second kappa shape index (κ2) is 13.6. The molecule has 1 fully saturated rings. The van der Waals surface area contributed by atoms with Crippen LogP contribution in [0.2, 0.25) is 5.02 Å². The summed E-state index contributed by atoms with van der Waals surface area (Å²) in [7, 11) is 0. The summed E-state index contributed by atoms with van der Waals surface area (Å²) in [5.41, 5.74) is 6.53.